The number of hydrogen-bond acceptors (Lipinski definition) is 8. The van der Waals surface area contributed by atoms with E-state index >= 15 is 0 Å². The van der Waals surface area contributed by atoms with Crippen LogP contribution in [0.4, 0.5) is 0 Å². The molecule has 0 saturated heterocycles. The smallest absolute Gasteiger partial charge is 0.326 e. The molecule has 1 aliphatic rings. The Bertz CT molecular complexity index is 2390. The molecule has 0 saturated carbocycles. The van der Waals surface area contributed by atoms with Crippen LogP contribution >= 0.6 is 0 Å². The van der Waals surface area contributed by atoms with E-state index in [0.29, 0.717) is 31.2 Å². The van der Waals surface area contributed by atoms with E-state index < -0.39 is 108 Å². The Kier molecular flexibility index (Phi) is 17.2. The van der Waals surface area contributed by atoms with E-state index in [4.69, 9.17) is 0 Å². The third-order valence-corrected chi connectivity index (χ3v) is 12.5. The molecule has 17 nitrogen and oxygen atoms in total. The van der Waals surface area contributed by atoms with Crippen LogP contribution in [0.25, 0.3) is 10.9 Å². The minimum absolute atomic E-state index is 0.0454. The van der Waals surface area contributed by atoms with Crippen LogP contribution in [0.2, 0.25) is 0 Å². The first-order valence-corrected chi connectivity index (χ1v) is 22.4. The number of benzene rings is 3. The highest BCUT2D eigenvalue weighted by Gasteiger charge is 2.39. The fourth-order valence-corrected chi connectivity index (χ4v) is 8.38. The quantitative estimate of drug-likeness (QED) is 0.0590. The number of nitrogens with one attached hydrogen (secondary N) is 7. The van der Waals surface area contributed by atoms with Crippen LogP contribution in [0.1, 0.15) is 94.5 Å². The molecule has 0 fully saturated rings. The van der Waals surface area contributed by atoms with Crippen LogP contribution in [0.3, 0.4) is 0 Å². The van der Waals surface area contributed by atoms with Crippen LogP contribution in [-0.4, -0.2) is 98.8 Å². The molecule has 9 N–H and O–H groups in total. The maximum absolute atomic E-state index is 14.2. The van der Waals surface area contributed by atoms with E-state index in [1.807, 2.05) is 72.8 Å². The standard InChI is InChI=1S/C49H61N7O10/c1-7-26(3)41(46(62)54-38(49(65)66)23-32-25-50-36-20-14-13-17-33(32)36)56-47(63)42(27(4)8-2)55-45(61)37(24-39(58)59)53-44(60)28(5)51-48(64)43(52-29(6)57)40-34-18-11-9-15-30(34)21-22-31-16-10-12-19-35(31)40/h9-20,25-28,37-38,40-43,50H,7-8,21-24H2,1-6H3,(H,51,64)(H,52,57)(H,53,60)(H,54,62)(H,55,61)(H,56,63)(H,58,59)(H,65,66)/t26-,27-,28-,37-,38-,41-,42-,43+/m0/s1. The summed E-state index contributed by atoms with van der Waals surface area (Å²) >= 11 is 0. The monoisotopic (exact) mass is 907 g/mol. The molecule has 0 spiro atoms. The lowest BCUT2D eigenvalue weighted by molar-refractivity contribution is -0.142. The molecule has 66 heavy (non-hydrogen) atoms. The molecule has 0 radical (unpaired) electrons. The number of amides is 6. The van der Waals surface area contributed by atoms with Crippen LogP contribution in [-0.2, 0) is 57.6 Å². The number of aliphatic carboxylic acids is 2. The summed E-state index contributed by atoms with van der Waals surface area (Å²) < 4.78 is 0. The third-order valence-electron chi connectivity index (χ3n) is 12.5. The summed E-state index contributed by atoms with van der Waals surface area (Å²) in [5.41, 5.74) is 5.16. The van der Waals surface area contributed by atoms with Crippen molar-refractivity contribution in [3.8, 4) is 0 Å². The van der Waals surface area contributed by atoms with Crippen LogP contribution in [0.5, 0.6) is 0 Å². The minimum atomic E-state index is -1.71. The number of aromatic amines is 1. The van der Waals surface area contributed by atoms with Gasteiger partial charge in [-0.15, -0.1) is 0 Å². The Morgan fingerprint density at radius 1 is 0.621 bits per heavy atom. The topological polar surface area (TPSA) is 265 Å². The maximum Gasteiger partial charge on any atom is 0.326 e. The van der Waals surface area contributed by atoms with Gasteiger partial charge in [-0.1, -0.05) is 107 Å². The second kappa shape index (κ2) is 22.7. The van der Waals surface area contributed by atoms with Crippen LogP contribution < -0.4 is 31.9 Å². The van der Waals surface area contributed by atoms with E-state index in [1.54, 1.807) is 33.9 Å². The lowest BCUT2D eigenvalue weighted by Gasteiger charge is -2.31. The van der Waals surface area contributed by atoms with Gasteiger partial charge in [0.2, 0.25) is 35.4 Å². The normalized spacial score (nSPS) is 15.9. The molecule has 0 unspecified atom stereocenters. The van der Waals surface area contributed by atoms with Crippen molar-refractivity contribution in [1.82, 2.24) is 36.9 Å². The number of carboxylic acid groups (broad SMARTS) is 2. The van der Waals surface area contributed by atoms with E-state index in [1.165, 1.54) is 13.8 Å². The van der Waals surface area contributed by atoms with Crippen molar-refractivity contribution in [2.24, 2.45) is 11.8 Å². The average molecular weight is 908 g/mol. The fourth-order valence-electron chi connectivity index (χ4n) is 8.38. The van der Waals surface area contributed by atoms with E-state index in [-0.39, 0.29) is 6.42 Å². The van der Waals surface area contributed by atoms with Gasteiger partial charge in [-0.05, 0) is 65.5 Å². The molecule has 352 valence electrons. The molecule has 3 aromatic carbocycles. The molecule has 0 bridgehead atoms. The van der Waals surface area contributed by atoms with Crippen molar-refractivity contribution in [1.29, 1.82) is 0 Å². The summed E-state index contributed by atoms with van der Waals surface area (Å²) in [5, 5.41) is 36.4. The second-order valence-corrected chi connectivity index (χ2v) is 17.1. The van der Waals surface area contributed by atoms with E-state index in [9.17, 15) is 48.6 Å². The van der Waals surface area contributed by atoms with Gasteiger partial charge in [-0.2, -0.15) is 0 Å². The zero-order valence-electron chi connectivity index (χ0n) is 38.1. The Balaban J connectivity index is 1.30. The molecule has 5 rings (SSSR count). The molecule has 4 aromatic rings. The van der Waals surface area contributed by atoms with Gasteiger partial charge >= 0.3 is 11.9 Å². The predicted octanol–water partition coefficient (Wildman–Crippen LogP) is 3.24. The number of hydrogen-bond donors (Lipinski definition) is 9. The summed E-state index contributed by atoms with van der Waals surface area (Å²) in [5.74, 6) is -9.02. The molecule has 17 heteroatoms. The van der Waals surface area contributed by atoms with E-state index in [2.05, 4.69) is 36.9 Å². The van der Waals surface area contributed by atoms with Crippen molar-refractivity contribution < 1.29 is 48.6 Å². The second-order valence-electron chi connectivity index (χ2n) is 17.1. The first-order valence-electron chi connectivity index (χ1n) is 22.4. The maximum atomic E-state index is 14.2. The van der Waals surface area contributed by atoms with Gasteiger partial charge in [0.25, 0.3) is 0 Å². The van der Waals surface area contributed by atoms with Crippen molar-refractivity contribution in [2.45, 2.75) is 122 Å². The SMILES string of the molecule is CC[C@H](C)[C@H](NC(=O)[C@H](CC(=O)O)NC(=O)[C@H](C)NC(=O)[C@H](NC(C)=O)C1c2ccccc2CCc2ccccc21)C(=O)N[C@H](C(=O)N[C@@H](Cc1c[nH]c2ccccc12)C(=O)O)[C@@H](C)CC. The van der Waals surface area contributed by atoms with Crippen LogP contribution in [0.15, 0.2) is 79.0 Å². The highest BCUT2D eigenvalue weighted by atomic mass is 16.4. The van der Waals surface area contributed by atoms with Gasteiger partial charge in [-0.25, -0.2) is 4.79 Å². The van der Waals surface area contributed by atoms with Crippen molar-refractivity contribution in [2.75, 3.05) is 0 Å². The number of rotatable bonds is 21. The molecule has 1 heterocycles. The molecule has 0 aliphatic heterocycles. The van der Waals surface area contributed by atoms with Gasteiger partial charge < -0.3 is 47.1 Å². The number of para-hydroxylation sites is 1. The van der Waals surface area contributed by atoms with Crippen molar-refractivity contribution in [3.63, 3.8) is 0 Å². The first kappa shape index (κ1) is 50.0. The summed E-state index contributed by atoms with van der Waals surface area (Å²) in [4.78, 5) is 110. The Morgan fingerprint density at radius 3 is 1.68 bits per heavy atom. The lowest BCUT2D eigenvalue weighted by Crippen LogP contribution is -2.61. The number of fused-ring (bicyclic) bond motifs is 3. The molecular weight excluding hydrogens is 847 g/mol. The minimum Gasteiger partial charge on any atom is -0.481 e. The fraction of sp³-hybridized carbons (Fsp3) is 0.429. The zero-order valence-corrected chi connectivity index (χ0v) is 38.1. The highest BCUT2D eigenvalue weighted by molar-refractivity contribution is 5.98. The first-order chi connectivity index (χ1) is 31.4. The number of carbonyl (C=O) groups is 8. The molecule has 1 aromatic heterocycles. The Hall–Kier alpha value is -7.04. The van der Waals surface area contributed by atoms with Gasteiger partial charge in [0, 0.05) is 36.4 Å². The van der Waals surface area contributed by atoms with Gasteiger partial charge in [-0.3, -0.25) is 33.6 Å². The average Bonchev–Trinajstić information content (AvgIpc) is 3.62. The van der Waals surface area contributed by atoms with E-state index in [0.717, 1.165) is 33.2 Å². The zero-order chi connectivity index (χ0) is 48.2. The molecular formula is C49H61N7O10. The summed E-state index contributed by atoms with van der Waals surface area (Å²) in [6.45, 7) is 9.58. The van der Waals surface area contributed by atoms with Gasteiger partial charge in [0.15, 0.2) is 0 Å². The molecule has 8 atom stereocenters. The summed E-state index contributed by atoms with van der Waals surface area (Å²) in [6.07, 6.45) is 2.92. The number of carbonyl (C=O) groups excluding carboxylic acids is 6. The van der Waals surface area contributed by atoms with Gasteiger partial charge in [0.05, 0.1) is 6.42 Å². The van der Waals surface area contributed by atoms with Crippen molar-refractivity contribution >= 4 is 58.3 Å². The third kappa shape index (κ3) is 12.4. The van der Waals surface area contributed by atoms with Crippen LogP contribution in [0, 0.1) is 11.8 Å². The molecule has 1 aliphatic carbocycles. The Labute approximate surface area is 383 Å². The highest BCUT2D eigenvalue weighted by Crippen LogP contribution is 2.37. The number of H-pyrrole nitrogens is 1. The summed E-state index contributed by atoms with van der Waals surface area (Å²) in [6, 6.07) is 14.5. The largest absolute Gasteiger partial charge is 0.481 e. The number of aromatic nitrogens is 1. The van der Waals surface area contributed by atoms with Crippen molar-refractivity contribution in [3.05, 3.63) is 107 Å². The number of carboxylic acids is 2. The number of aryl methyl sites for hydroxylation is 2. The van der Waals surface area contributed by atoms with Gasteiger partial charge in [0.1, 0.15) is 36.3 Å². The molecule has 6 amide bonds. The predicted molar refractivity (Wildman–Crippen MR) is 246 cm³/mol. The Morgan fingerprint density at radius 2 is 1.14 bits per heavy atom. The summed E-state index contributed by atoms with van der Waals surface area (Å²) in [7, 11) is 0. The lowest BCUT2D eigenvalue weighted by atomic mass is 9.82.